The molecule has 2 rings (SSSR count). The molecule has 2 amide bonds. The Balaban J connectivity index is 1.88. The van der Waals surface area contributed by atoms with Crippen molar-refractivity contribution >= 4 is 11.8 Å². The van der Waals surface area contributed by atoms with E-state index in [1.165, 1.54) is 12.1 Å². The summed E-state index contributed by atoms with van der Waals surface area (Å²) in [5, 5.41) is 9.64. The molecule has 0 atom stereocenters. The van der Waals surface area contributed by atoms with Crippen molar-refractivity contribution in [3.63, 3.8) is 0 Å². The Morgan fingerprint density at radius 1 is 1.38 bits per heavy atom. The molecule has 1 aromatic carbocycles. The first kappa shape index (κ1) is 15.0. The maximum absolute atomic E-state index is 13.1. The number of carbonyl (C=O) groups is 1. The van der Waals surface area contributed by atoms with Crippen LogP contribution in [0, 0.1) is 5.82 Å². The molecule has 0 saturated carbocycles. The van der Waals surface area contributed by atoms with Gasteiger partial charge in [0.2, 0.25) is 0 Å². The summed E-state index contributed by atoms with van der Waals surface area (Å²) in [5.41, 5.74) is 0.817. The number of nitrogens with one attached hydrogen (secondary N) is 2. The highest BCUT2D eigenvalue weighted by atomic mass is 19.1. The highest BCUT2D eigenvalue weighted by Gasteiger charge is 2.04. The number of nitrogens with zero attached hydrogens (tertiary/aromatic N) is 2. The quantitative estimate of drug-likeness (QED) is 0.803. The number of anilines is 1. The molecule has 112 valence electrons. The van der Waals surface area contributed by atoms with Gasteiger partial charge in [-0.2, -0.15) is 5.10 Å². The maximum Gasteiger partial charge on any atom is 0.320 e. The van der Waals surface area contributed by atoms with Gasteiger partial charge in [-0.1, -0.05) is 25.5 Å². The highest BCUT2D eigenvalue weighted by Crippen LogP contribution is 2.08. The Bertz CT molecular complexity index is 597. The van der Waals surface area contributed by atoms with Crippen LogP contribution in [-0.4, -0.2) is 22.4 Å². The minimum Gasteiger partial charge on any atom is -0.338 e. The van der Waals surface area contributed by atoms with E-state index in [0.717, 1.165) is 18.4 Å². The van der Waals surface area contributed by atoms with Crippen LogP contribution < -0.4 is 10.6 Å². The third-order valence-electron chi connectivity index (χ3n) is 2.93. The molecule has 1 heterocycles. The third-order valence-corrected chi connectivity index (χ3v) is 2.93. The van der Waals surface area contributed by atoms with E-state index in [4.69, 9.17) is 0 Å². The summed E-state index contributed by atoms with van der Waals surface area (Å²) in [5.74, 6) is 0.203. The average Bonchev–Trinajstić information content (AvgIpc) is 2.86. The molecule has 2 aromatic rings. The Labute approximate surface area is 123 Å². The second-order valence-electron chi connectivity index (χ2n) is 4.76. The van der Waals surface area contributed by atoms with Crippen LogP contribution in [0.15, 0.2) is 36.5 Å². The molecule has 5 nitrogen and oxygen atoms in total. The van der Waals surface area contributed by atoms with E-state index in [1.54, 1.807) is 23.0 Å². The Morgan fingerprint density at radius 2 is 2.24 bits per heavy atom. The molecule has 2 N–H and O–H groups in total. The predicted molar refractivity (Wildman–Crippen MR) is 79.7 cm³/mol. The number of hydrogen-bond acceptors (Lipinski definition) is 2. The molecule has 1 aromatic heterocycles. The van der Waals surface area contributed by atoms with E-state index in [-0.39, 0.29) is 11.8 Å². The van der Waals surface area contributed by atoms with Crippen LogP contribution in [0.5, 0.6) is 0 Å². The molecule has 0 saturated heterocycles. The molecule has 0 fully saturated rings. The summed E-state index contributed by atoms with van der Waals surface area (Å²) in [4.78, 5) is 11.6. The van der Waals surface area contributed by atoms with Crippen LogP contribution in [0.3, 0.4) is 0 Å². The fourth-order valence-corrected chi connectivity index (χ4v) is 1.88. The van der Waals surface area contributed by atoms with Crippen molar-refractivity contribution in [2.24, 2.45) is 0 Å². The normalized spacial score (nSPS) is 10.4. The van der Waals surface area contributed by atoms with Gasteiger partial charge in [0.1, 0.15) is 5.82 Å². The van der Waals surface area contributed by atoms with Gasteiger partial charge in [0, 0.05) is 18.8 Å². The lowest BCUT2D eigenvalue weighted by Crippen LogP contribution is -2.29. The fraction of sp³-hybridized carbons (Fsp3) is 0.333. The Kier molecular flexibility index (Phi) is 5.31. The monoisotopic (exact) mass is 290 g/mol. The highest BCUT2D eigenvalue weighted by molar-refractivity contribution is 5.88. The summed E-state index contributed by atoms with van der Waals surface area (Å²) in [6.07, 6.45) is 3.72. The first-order chi connectivity index (χ1) is 10.2. The number of aromatic nitrogens is 2. The van der Waals surface area contributed by atoms with Crippen molar-refractivity contribution < 1.29 is 9.18 Å². The summed E-state index contributed by atoms with van der Waals surface area (Å²) < 4.78 is 14.7. The van der Waals surface area contributed by atoms with Crippen LogP contribution in [0.2, 0.25) is 0 Å². The van der Waals surface area contributed by atoms with Crippen LogP contribution in [0.4, 0.5) is 15.0 Å². The predicted octanol–water partition coefficient (Wildman–Crippen LogP) is 2.99. The molecular formula is C15H19FN4O. The maximum atomic E-state index is 13.1. The molecule has 0 bridgehead atoms. The van der Waals surface area contributed by atoms with Gasteiger partial charge in [-0.05, 0) is 24.1 Å². The zero-order chi connectivity index (χ0) is 15.1. The minimum absolute atomic E-state index is 0.264. The van der Waals surface area contributed by atoms with Gasteiger partial charge in [0.15, 0.2) is 5.82 Å². The van der Waals surface area contributed by atoms with Gasteiger partial charge in [0.05, 0.1) is 6.54 Å². The van der Waals surface area contributed by atoms with Crippen LogP contribution in [-0.2, 0) is 6.54 Å². The van der Waals surface area contributed by atoms with Crippen molar-refractivity contribution in [2.45, 2.75) is 26.3 Å². The number of carbonyl (C=O) groups excluding carboxylic acids is 1. The van der Waals surface area contributed by atoms with Gasteiger partial charge in [-0.25, -0.2) is 9.18 Å². The van der Waals surface area contributed by atoms with E-state index in [2.05, 4.69) is 22.7 Å². The zero-order valence-corrected chi connectivity index (χ0v) is 12.0. The number of benzene rings is 1. The van der Waals surface area contributed by atoms with Crippen molar-refractivity contribution in [1.82, 2.24) is 15.1 Å². The van der Waals surface area contributed by atoms with Crippen LogP contribution in [0.1, 0.15) is 25.3 Å². The van der Waals surface area contributed by atoms with Gasteiger partial charge in [-0.15, -0.1) is 0 Å². The topological polar surface area (TPSA) is 59.0 Å². The fourth-order valence-electron chi connectivity index (χ4n) is 1.88. The van der Waals surface area contributed by atoms with Crippen molar-refractivity contribution in [1.29, 1.82) is 0 Å². The molecule has 0 aliphatic heterocycles. The SMILES string of the molecule is CCCCNC(=O)Nc1ccn(Cc2cccc(F)c2)n1. The Hall–Kier alpha value is -2.37. The number of unbranched alkanes of at least 4 members (excludes halogenated alkanes) is 1. The van der Waals surface area contributed by atoms with E-state index in [0.29, 0.717) is 18.9 Å². The first-order valence-electron chi connectivity index (χ1n) is 7.00. The molecule has 21 heavy (non-hydrogen) atoms. The third kappa shape index (κ3) is 4.91. The second kappa shape index (κ2) is 7.42. The van der Waals surface area contributed by atoms with Crippen molar-refractivity contribution in [3.05, 3.63) is 47.9 Å². The largest absolute Gasteiger partial charge is 0.338 e. The summed E-state index contributed by atoms with van der Waals surface area (Å²) in [6, 6.07) is 7.80. The average molecular weight is 290 g/mol. The minimum atomic E-state index is -0.270. The van der Waals surface area contributed by atoms with Gasteiger partial charge >= 0.3 is 6.03 Å². The molecule has 0 aliphatic carbocycles. The molecule has 0 aliphatic rings. The first-order valence-corrected chi connectivity index (χ1v) is 7.00. The lowest BCUT2D eigenvalue weighted by Gasteiger charge is -2.05. The van der Waals surface area contributed by atoms with E-state index >= 15 is 0 Å². The van der Waals surface area contributed by atoms with Crippen molar-refractivity contribution in [2.75, 3.05) is 11.9 Å². The summed E-state index contributed by atoms with van der Waals surface area (Å²) in [6.45, 7) is 3.16. The standard InChI is InChI=1S/C15H19FN4O/c1-2-3-8-17-15(21)18-14-7-9-20(19-14)11-12-5-4-6-13(16)10-12/h4-7,9-10H,2-3,8,11H2,1H3,(H2,17,18,19,21). The van der Waals surface area contributed by atoms with E-state index < -0.39 is 0 Å². The lowest BCUT2D eigenvalue weighted by atomic mass is 10.2. The van der Waals surface area contributed by atoms with Gasteiger partial charge < -0.3 is 5.32 Å². The Morgan fingerprint density at radius 3 is 3.00 bits per heavy atom. The molecule has 6 heteroatoms. The number of hydrogen-bond donors (Lipinski definition) is 2. The second-order valence-corrected chi connectivity index (χ2v) is 4.76. The van der Waals surface area contributed by atoms with Crippen LogP contribution in [0.25, 0.3) is 0 Å². The van der Waals surface area contributed by atoms with E-state index in [1.807, 2.05) is 6.07 Å². The number of urea groups is 1. The number of amides is 2. The van der Waals surface area contributed by atoms with Crippen LogP contribution >= 0.6 is 0 Å². The summed E-state index contributed by atoms with van der Waals surface area (Å²) in [7, 11) is 0. The molecule has 0 spiro atoms. The smallest absolute Gasteiger partial charge is 0.320 e. The summed E-state index contributed by atoms with van der Waals surface area (Å²) >= 11 is 0. The number of halogens is 1. The van der Waals surface area contributed by atoms with E-state index in [9.17, 15) is 9.18 Å². The molecule has 0 radical (unpaired) electrons. The number of rotatable bonds is 6. The van der Waals surface area contributed by atoms with Gasteiger partial charge in [-0.3, -0.25) is 10.00 Å². The zero-order valence-electron chi connectivity index (χ0n) is 12.0. The lowest BCUT2D eigenvalue weighted by molar-refractivity contribution is 0.252. The molecular weight excluding hydrogens is 271 g/mol. The van der Waals surface area contributed by atoms with Gasteiger partial charge in [0.25, 0.3) is 0 Å². The van der Waals surface area contributed by atoms with Crippen molar-refractivity contribution in [3.8, 4) is 0 Å². The molecule has 0 unspecified atom stereocenters.